The van der Waals surface area contributed by atoms with Crippen molar-refractivity contribution in [2.24, 2.45) is 0 Å². The Morgan fingerprint density at radius 2 is 1.72 bits per heavy atom. The highest BCUT2D eigenvalue weighted by atomic mass is 32.1. The molecule has 25 heavy (non-hydrogen) atoms. The number of nitro benzene ring substituents is 1. The van der Waals surface area contributed by atoms with Crippen LogP contribution in [0, 0.1) is 10.1 Å². The maximum Gasteiger partial charge on any atom is 0.269 e. The van der Waals surface area contributed by atoms with Gasteiger partial charge in [0.05, 0.1) is 11.0 Å². The van der Waals surface area contributed by atoms with Crippen LogP contribution < -0.4 is 10.6 Å². The molecule has 0 heterocycles. The van der Waals surface area contributed by atoms with Gasteiger partial charge in [-0.05, 0) is 47.6 Å². The molecule has 2 N–H and O–H groups in total. The van der Waals surface area contributed by atoms with Crippen LogP contribution in [0.5, 0.6) is 0 Å². The number of benzene rings is 3. The number of thiocarbonyl (C=S) groups is 1. The lowest BCUT2D eigenvalue weighted by molar-refractivity contribution is -0.384. The quantitative estimate of drug-likeness (QED) is 0.402. The molecule has 0 spiro atoms. The molecule has 1 atom stereocenters. The summed E-state index contributed by atoms with van der Waals surface area (Å²) in [5, 5.41) is 19.8. The van der Waals surface area contributed by atoms with Gasteiger partial charge in [0, 0.05) is 17.8 Å². The summed E-state index contributed by atoms with van der Waals surface area (Å²) in [6.07, 6.45) is 0. The summed E-state index contributed by atoms with van der Waals surface area (Å²) in [7, 11) is 0. The molecule has 5 nitrogen and oxygen atoms in total. The lowest BCUT2D eigenvalue weighted by Crippen LogP contribution is -2.30. The van der Waals surface area contributed by atoms with Crippen molar-refractivity contribution >= 4 is 39.5 Å². The fourth-order valence-electron chi connectivity index (χ4n) is 2.74. The predicted molar refractivity (Wildman–Crippen MR) is 105 cm³/mol. The summed E-state index contributed by atoms with van der Waals surface area (Å²) in [6.45, 7) is 2.05. The molecule has 0 aliphatic heterocycles. The average molecular weight is 351 g/mol. The molecule has 3 aromatic rings. The molecule has 0 saturated carbocycles. The topological polar surface area (TPSA) is 67.2 Å². The molecule has 3 rings (SSSR count). The number of nitro groups is 1. The van der Waals surface area contributed by atoms with Crippen molar-refractivity contribution in [1.29, 1.82) is 0 Å². The molecule has 0 bridgehead atoms. The van der Waals surface area contributed by atoms with Gasteiger partial charge in [-0.25, -0.2) is 0 Å². The Hall–Kier alpha value is -2.99. The van der Waals surface area contributed by atoms with Crippen LogP contribution in [-0.4, -0.2) is 10.0 Å². The van der Waals surface area contributed by atoms with Crippen LogP contribution in [0.3, 0.4) is 0 Å². The van der Waals surface area contributed by atoms with Gasteiger partial charge in [0.1, 0.15) is 0 Å². The van der Waals surface area contributed by atoms with Gasteiger partial charge in [-0.2, -0.15) is 0 Å². The van der Waals surface area contributed by atoms with Gasteiger partial charge in [0.2, 0.25) is 0 Å². The fourth-order valence-corrected chi connectivity index (χ4v) is 3.03. The molecule has 0 radical (unpaired) electrons. The molecule has 0 aromatic heterocycles. The lowest BCUT2D eigenvalue weighted by atomic mass is 10.00. The van der Waals surface area contributed by atoms with Crippen LogP contribution in [0.15, 0.2) is 66.7 Å². The number of hydrogen-bond acceptors (Lipinski definition) is 3. The van der Waals surface area contributed by atoms with Crippen LogP contribution in [0.25, 0.3) is 10.8 Å². The highest BCUT2D eigenvalue weighted by molar-refractivity contribution is 7.80. The molecule has 0 fully saturated rings. The molecule has 126 valence electrons. The highest BCUT2D eigenvalue weighted by Gasteiger charge is 2.11. The first kappa shape index (κ1) is 16.9. The van der Waals surface area contributed by atoms with E-state index in [1.54, 1.807) is 12.1 Å². The third-order valence-corrected chi connectivity index (χ3v) is 4.19. The van der Waals surface area contributed by atoms with E-state index in [2.05, 4.69) is 34.9 Å². The van der Waals surface area contributed by atoms with Crippen LogP contribution in [0.1, 0.15) is 18.5 Å². The van der Waals surface area contributed by atoms with Crippen molar-refractivity contribution in [1.82, 2.24) is 5.32 Å². The third kappa shape index (κ3) is 3.92. The summed E-state index contributed by atoms with van der Waals surface area (Å²) in [6, 6.07) is 20.6. The zero-order valence-corrected chi connectivity index (χ0v) is 14.4. The first-order chi connectivity index (χ1) is 12.0. The minimum atomic E-state index is -0.428. The third-order valence-electron chi connectivity index (χ3n) is 3.97. The Bertz CT molecular complexity index is 920. The Balaban J connectivity index is 1.70. The molecule has 0 aliphatic carbocycles. The lowest BCUT2D eigenvalue weighted by Gasteiger charge is -2.19. The minimum Gasteiger partial charge on any atom is -0.356 e. The van der Waals surface area contributed by atoms with E-state index in [-0.39, 0.29) is 11.7 Å². The summed E-state index contributed by atoms with van der Waals surface area (Å²) < 4.78 is 0. The largest absolute Gasteiger partial charge is 0.356 e. The normalized spacial score (nSPS) is 11.7. The molecule has 0 unspecified atom stereocenters. The standard InChI is InChI=1S/C19H17N3O2S/c1-13(17-8-4-6-14-5-2-3-7-18(14)17)20-19(25)21-15-9-11-16(12-10-15)22(23)24/h2-13H,1H3,(H2,20,21,25)/t13-/m1/s1. The summed E-state index contributed by atoms with van der Waals surface area (Å²) >= 11 is 5.36. The second-order valence-corrected chi connectivity index (χ2v) is 6.10. The van der Waals surface area contributed by atoms with Crippen molar-refractivity contribution in [3.05, 3.63) is 82.4 Å². The average Bonchev–Trinajstić information content (AvgIpc) is 2.61. The van der Waals surface area contributed by atoms with Gasteiger partial charge in [-0.1, -0.05) is 42.5 Å². The Kier molecular flexibility index (Phi) is 4.90. The van der Waals surface area contributed by atoms with Gasteiger partial charge in [-0.15, -0.1) is 0 Å². The highest BCUT2D eigenvalue weighted by Crippen LogP contribution is 2.24. The summed E-state index contributed by atoms with van der Waals surface area (Å²) in [4.78, 5) is 10.3. The molecule has 6 heteroatoms. The monoisotopic (exact) mass is 351 g/mol. The van der Waals surface area contributed by atoms with Crippen LogP contribution >= 0.6 is 12.2 Å². The Labute approximate surface area is 150 Å². The van der Waals surface area contributed by atoms with Crippen molar-refractivity contribution in [3.8, 4) is 0 Å². The van der Waals surface area contributed by atoms with E-state index >= 15 is 0 Å². The first-order valence-corrected chi connectivity index (χ1v) is 8.25. The molecule has 0 saturated heterocycles. The first-order valence-electron chi connectivity index (χ1n) is 7.84. The van der Waals surface area contributed by atoms with E-state index in [0.717, 1.165) is 5.56 Å². The summed E-state index contributed by atoms with van der Waals surface area (Å²) in [5.74, 6) is 0. The Morgan fingerprint density at radius 3 is 2.44 bits per heavy atom. The SMILES string of the molecule is C[C@@H](NC(=S)Nc1ccc([N+](=O)[O-])cc1)c1cccc2ccccc12. The van der Waals surface area contributed by atoms with E-state index in [1.807, 2.05) is 25.1 Å². The molecular formula is C19H17N3O2S. The van der Waals surface area contributed by atoms with Crippen LogP contribution in [-0.2, 0) is 0 Å². The van der Waals surface area contributed by atoms with E-state index in [0.29, 0.717) is 10.8 Å². The zero-order valence-electron chi connectivity index (χ0n) is 13.6. The maximum absolute atomic E-state index is 10.7. The number of anilines is 1. The summed E-state index contributed by atoms with van der Waals surface area (Å²) in [5.41, 5.74) is 1.91. The maximum atomic E-state index is 10.7. The van der Waals surface area contributed by atoms with Crippen molar-refractivity contribution in [2.45, 2.75) is 13.0 Å². The smallest absolute Gasteiger partial charge is 0.269 e. The fraction of sp³-hybridized carbons (Fsp3) is 0.105. The molecule has 3 aromatic carbocycles. The van der Waals surface area contributed by atoms with Gasteiger partial charge in [-0.3, -0.25) is 10.1 Å². The van der Waals surface area contributed by atoms with Crippen molar-refractivity contribution in [2.75, 3.05) is 5.32 Å². The second kappa shape index (κ2) is 7.27. The second-order valence-electron chi connectivity index (χ2n) is 5.69. The number of nitrogens with zero attached hydrogens (tertiary/aromatic N) is 1. The number of hydrogen-bond donors (Lipinski definition) is 2. The zero-order chi connectivity index (χ0) is 17.8. The van der Waals surface area contributed by atoms with Gasteiger partial charge >= 0.3 is 0 Å². The van der Waals surface area contributed by atoms with E-state index in [1.165, 1.54) is 22.9 Å². The number of nitrogens with one attached hydrogen (secondary N) is 2. The predicted octanol–water partition coefficient (Wildman–Crippen LogP) is 4.80. The molecular weight excluding hydrogens is 334 g/mol. The van der Waals surface area contributed by atoms with Crippen molar-refractivity contribution < 1.29 is 4.92 Å². The molecule has 0 aliphatic rings. The van der Waals surface area contributed by atoms with Gasteiger partial charge < -0.3 is 10.6 Å². The van der Waals surface area contributed by atoms with Crippen LogP contribution in [0.4, 0.5) is 11.4 Å². The van der Waals surface area contributed by atoms with Crippen LogP contribution in [0.2, 0.25) is 0 Å². The molecule has 0 amide bonds. The van der Waals surface area contributed by atoms with E-state index < -0.39 is 4.92 Å². The van der Waals surface area contributed by atoms with Gasteiger partial charge in [0.25, 0.3) is 5.69 Å². The van der Waals surface area contributed by atoms with Gasteiger partial charge in [0.15, 0.2) is 5.11 Å². The van der Waals surface area contributed by atoms with Crippen molar-refractivity contribution in [3.63, 3.8) is 0 Å². The number of non-ortho nitro benzene ring substituents is 1. The van der Waals surface area contributed by atoms with E-state index in [9.17, 15) is 10.1 Å². The Morgan fingerprint density at radius 1 is 1.04 bits per heavy atom. The van der Waals surface area contributed by atoms with E-state index in [4.69, 9.17) is 12.2 Å². The minimum absolute atomic E-state index is 0.0177. The number of rotatable bonds is 4. The number of fused-ring (bicyclic) bond motifs is 1.